The summed E-state index contributed by atoms with van der Waals surface area (Å²) in [5.74, 6) is 0.685. The molecule has 4 rings (SSSR count). The molecule has 0 unspecified atom stereocenters. The molecule has 1 aromatic heterocycles. The molecule has 8 heteroatoms. The fourth-order valence-corrected chi connectivity index (χ4v) is 4.86. The van der Waals surface area contributed by atoms with Crippen molar-refractivity contribution in [3.8, 4) is 34.0 Å². The molecule has 0 bridgehead atoms. The number of nitrogens with zero attached hydrogens (tertiary/aromatic N) is 3. The molecule has 0 saturated heterocycles. The lowest BCUT2D eigenvalue weighted by Crippen LogP contribution is -2.32. The number of hydrogen-bond donors (Lipinski definition) is 0. The molecule has 0 fully saturated rings. The Hall–Kier alpha value is -3.33. The smallest absolute Gasteiger partial charge is 0.320 e. The monoisotopic (exact) mass is 591 g/mol. The summed E-state index contributed by atoms with van der Waals surface area (Å²) in [7, 11) is 3.58. The lowest BCUT2D eigenvalue weighted by molar-refractivity contribution is -0.155. The topological polar surface area (TPSA) is 77.7 Å². The average Bonchev–Trinajstić information content (AvgIpc) is 3.35. The summed E-state index contributed by atoms with van der Waals surface area (Å²) in [4.78, 5) is 18.7. The standard InChI is InChI=1S/C31H34BrN3O4/c1-20-9-7-8-10-25(20)26-14-13-22(15-24(26)19-37-6)30-33-29(34-39-30)21-11-12-23(27(32)16-21)17-35(5)18-28(36)38-31(2,3)4/h7-16H,17-19H2,1-6H3. The lowest BCUT2D eigenvalue weighted by Gasteiger charge is -2.22. The van der Waals surface area contributed by atoms with Crippen molar-refractivity contribution in [3.05, 3.63) is 81.8 Å². The normalized spacial score (nSPS) is 11.7. The van der Waals surface area contributed by atoms with Crippen LogP contribution in [-0.2, 0) is 27.4 Å². The highest BCUT2D eigenvalue weighted by Crippen LogP contribution is 2.32. The van der Waals surface area contributed by atoms with E-state index in [0.29, 0.717) is 24.9 Å². The molecule has 0 spiro atoms. The Balaban J connectivity index is 1.51. The van der Waals surface area contributed by atoms with Gasteiger partial charge in [-0.15, -0.1) is 0 Å². The van der Waals surface area contributed by atoms with E-state index in [0.717, 1.165) is 32.3 Å². The van der Waals surface area contributed by atoms with Gasteiger partial charge < -0.3 is 14.0 Å². The van der Waals surface area contributed by atoms with Crippen molar-refractivity contribution in [1.82, 2.24) is 15.0 Å². The molecule has 3 aromatic carbocycles. The van der Waals surface area contributed by atoms with Crippen molar-refractivity contribution in [1.29, 1.82) is 0 Å². The number of rotatable bonds is 9. The van der Waals surface area contributed by atoms with Gasteiger partial charge in [0.2, 0.25) is 5.82 Å². The van der Waals surface area contributed by atoms with Gasteiger partial charge in [0.25, 0.3) is 5.89 Å². The largest absolute Gasteiger partial charge is 0.459 e. The molecule has 0 saturated carbocycles. The van der Waals surface area contributed by atoms with E-state index in [-0.39, 0.29) is 12.5 Å². The zero-order chi connectivity index (χ0) is 28.2. The van der Waals surface area contributed by atoms with Crippen LogP contribution in [0.15, 0.2) is 69.7 Å². The van der Waals surface area contributed by atoms with Gasteiger partial charge in [-0.05, 0) is 80.8 Å². The summed E-state index contributed by atoms with van der Waals surface area (Å²) >= 11 is 3.66. The number of likely N-dealkylation sites (N-methyl/N-ethyl adjacent to an activating group) is 1. The van der Waals surface area contributed by atoms with Gasteiger partial charge in [0.15, 0.2) is 0 Å². The number of methoxy groups -OCH3 is 1. The average molecular weight is 593 g/mol. The number of benzene rings is 3. The van der Waals surface area contributed by atoms with Gasteiger partial charge >= 0.3 is 5.97 Å². The van der Waals surface area contributed by atoms with Crippen LogP contribution in [0.3, 0.4) is 0 Å². The zero-order valence-corrected chi connectivity index (χ0v) is 24.8. The Kier molecular flexibility index (Phi) is 9.00. The fraction of sp³-hybridized carbons (Fsp3) is 0.323. The summed E-state index contributed by atoms with van der Waals surface area (Å²) in [5, 5.41) is 4.23. The van der Waals surface area contributed by atoms with Gasteiger partial charge in [0.05, 0.1) is 13.2 Å². The highest BCUT2D eigenvalue weighted by atomic mass is 79.9. The number of ether oxygens (including phenoxy) is 2. The minimum absolute atomic E-state index is 0.202. The van der Waals surface area contributed by atoms with Crippen molar-refractivity contribution in [2.45, 2.75) is 46.4 Å². The third-order valence-corrected chi connectivity index (χ3v) is 6.82. The molecule has 0 amide bonds. The van der Waals surface area contributed by atoms with Gasteiger partial charge in [-0.25, -0.2) is 0 Å². The van der Waals surface area contributed by atoms with Crippen LogP contribution in [0.5, 0.6) is 0 Å². The van der Waals surface area contributed by atoms with Gasteiger partial charge in [-0.2, -0.15) is 4.98 Å². The van der Waals surface area contributed by atoms with Crippen LogP contribution in [0, 0.1) is 6.92 Å². The molecule has 0 aliphatic heterocycles. The molecule has 39 heavy (non-hydrogen) atoms. The summed E-state index contributed by atoms with van der Waals surface area (Å²) in [6, 6.07) is 20.3. The summed E-state index contributed by atoms with van der Waals surface area (Å²) < 4.78 is 17.5. The summed E-state index contributed by atoms with van der Waals surface area (Å²) in [6.07, 6.45) is 0. The van der Waals surface area contributed by atoms with E-state index in [1.54, 1.807) is 7.11 Å². The van der Waals surface area contributed by atoms with Gasteiger partial charge in [0.1, 0.15) is 5.60 Å². The van der Waals surface area contributed by atoms with Crippen LogP contribution in [-0.4, -0.2) is 47.3 Å². The minimum atomic E-state index is -0.502. The minimum Gasteiger partial charge on any atom is -0.459 e. The maximum atomic E-state index is 12.2. The summed E-state index contributed by atoms with van der Waals surface area (Å²) in [5.41, 5.74) is 6.72. The van der Waals surface area contributed by atoms with Gasteiger partial charge in [-0.3, -0.25) is 9.69 Å². The molecule has 0 atom stereocenters. The lowest BCUT2D eigenvalue weighted by atomic mass is 9.94. The number of carbonyl (C=O) groups is 1. The van der Waals surface area contributed by atoms with Crippen molar-refractivity contribution in [2.75, 3.05) is 20.7 Å². The number of carbonyl (C=O) groups excluding carboxylic acids is 1. The molecular weight excluding hydrogens is 558 g/mol. The van der Waals surface area contributed by atoms with E-state index in [9.17, 15) is 4.79 Å². The summed E-state index contributed by atoms with van der Waals surface area (Å²) in [6.45, 7) is 8.94. The SMILES string of the molecule is COCc1cc(-c2nc(-c3ccc(CN(C)CC(=O)OC(C)(C)C)c(Br)c3)no2)ccc1-c1ccccc1C. The second-order valence-electron chi connectivity index (χ2n) is 10.6. The Morgan fingerprint density at radius 1 is 1.00 bits per heavy atom. The van der Waals surface area contributed by atoms with Crippen molar-refractivity contribution >= 4 is 21.9 Å². The number of esters is 1. The predicted molar refractivity (Wildman–Crippen MR) is 156 cm³/mol. The van der Waals surface area contributed by atoms with E-state index >= 15 is 0 Å². The first kappa shape index (κ1) is 28.7. The number of aryl methyl sites for hydroxylation is 1. The molecular formula is C31H34BrN3O4. The van der Waals surface area contributed by atoms with E-state index in [1.807, 2.05) is 75.2 Å². The molecule has 204 valence electrons. The second-order valence-corrected chi connectivity index (χ2v) is 11.5. The first-order valence-corrected chi connectivity index (χ1v) is 13.5. The van der Waals surface area contributed by atoms with Crippen molar-refractivity contribution in [2.24, 2.45) is 0 Å². The molecule has 0 radical (unpaired) electrons. The Bertz CT molecular complexity index is 1460. The van der Waals surface area contributed by atoms with Crippen LogP contribution in [0.2, 0.25) is 0 Å². The molecule has 0 aliphatic rings. The first-order valence-electron chi connectivity index (χ1n) is 12.7. The number of aromatic nitrogens is 2. The second kappa shape index (κ2) is 12.2. The van der Waals surface area contributed by atoms with Gasteiger partial charge in [0, 0.05) is 29.3 Å². The zero-order valence-electron chi connectivity index (χ0n) is 23.2. The molecule has 4 aromatic rings. The maximum Gasteiger partial charge on any atom is 0.320 e. The quantitative estimate of drug-likeness (QED) is 0.193. The predicted octanol–water partition coefficient (Wildman–Crippen LogP) is 7.06. The van der Waals surface area contributed by atoms with Crippen LogP contribution in [0.4, 0.5) is 0 Å². The van der Waals surface area contributed by atoms with Crippen LogP contribution < -0.4 is 0 Å². The maximum absolute atomic E-state index is 12.2. The third kappa shape index (κ3) is 7.41. The Morgan fingerprint density at radius 2 is 1.74 bits per heavy atom. The number of halogens is 1. The molecule has 0 aliphatic carbocycles. The first-order chi connectivity index (χ1) is 18.5. The van der Waals surface area contributed by atoms with E-state index in [4.69, 9.17) is 14.0 Å². The molecule has 0 N–H and O–H groups in total. The third-order valence-electron chi connectivity index (χ3n) is 6.08. The van der Waals surface area contributed by atoms with Crippen molar-refractivity contribution < 1.29 is 18.8 Å². The van der Waals surface area contributed by atoms with Crippen LogP contribution >= 0.6 is 15.9 Å². The number of hydrogen-bond acceptors (Lipinski definition) is 7. The van der Waals surface area contributed by atoms with Crippen LogP contribution in [0.25, 0.3) is 34.0 Å². The molecule has 1 heterocycles. The van der Waals surface area contributed by atoms with Crippen LogP contribution in [0.1, 0.15) is 37.5 Å². The highest BCUT2D eigenvalue weighted by Gasteiger charge is 2.19. The van der Waals surface area contributed by atoms with E-state index in [1.165, 1.54) is 11.1 Å². The highest BCUT2D eigenvalue weighted by molar-refractivity contribution is 9.10. The Morgan fingerprint density at radius 3 is 2.44 bits per heavy atom. The van der Waals surface area contributed by atoms with E-state index < -0.39 is 5.60 Å². The van der Waals surface area contributed by atoms with Crippen molar-refractivity contribution in [3.63, 3.8) is 0 Å². The van der Waals surface area contributed by atoms with E-state index in [2.05, 4.69) is 51.2 Å². The molecule has 7 nitrogen and oxygen atoms in total. The Labute approximate surface area is 238 Å². The fourth-order valence-electron chi connectivity index (χ4n) is 4.35. The van der Waals surface area contributed by atoms with Gasteiger partial charge in [-0.1, -0.05) is 63.6 Å².